The minimum atomic E-state index is -0.479. The Morgan fingerprint density at radius 2 is 1.91 bits per heavy atom. The molecule has 0 N–H and O–H groups in total. The molecule has 0 aromatic heterocycles. The van der Waals surface area contributed by atoms with Crippen LogP contribution in [-0.2, 0) is 0 Å². The van der Waals surface area contributed by atoms with E-state index in [-0.39, 0.29) is 5.69 Å². The molecule has 0 saturated heterocycles. The van der Waals surface area contributed by atoms with Gasteiger partial charge in [-0.1, -0.05) is 0 Å². The third-order valence-electron chi connectivity index (χ3n) is 2.94. The van der Waals surface area contributed by atoms with Crippen LogP contribution in [0.5, 0.6) is 5.75 Å². The summed E-state index contributed by atoms with van der Waals surface area (Å²) in [4.78, 5) is 13.2. The molecule has 2 rings (SSSR count). The smallest absolute Gasteiger partial charge is 0.426 e. The molecule has 0 fully saturated rings. The Labute approximate surface area is 125 Å². The van der Waals surface area contributed by atoms with Crippen molar-refractivity contribution in [1.82, 2.24) is 0 Å². The molecular formula is C14H12N5O3+. The number of non-ortho nitro benzene ring substituents is 1. The minimum absolute atomic E-state index is 0.00860. The van der Waals surface area contributed by atoms with Crippen molar-refractivity contribution in [3.05, 3.63) is 57.1 Å². The molecule has 22 heavy (non-hydrogen) atoms. The van der Waals surface area contributed by atoms with Gasteiger partial charge in [-0.25, -0.2) is 0 Å². The second-order valence-corrected chi connectivity index (χ2v) is 4.38. The monoisotopic (exact) mass is 298 g/mol. The fourth-order valence-corrected chi connectivity index (χ4v) is 1.76. The van der Waals surface area contributed by atoms with Crippen LogP contribution in [0.3, 0.4) is 0 Å². The average molecular weight is 298 g/mol. The van der Waals surface area contributed by atoms with Crippen molar-refractivity contribution in [2.45, 2.75) is 6.92 Å². The van der Waals surface area contributed by atoms with Crippen molar-refractivity contribution in [3.8, 4) is 5.75 Å². The van der Waals surface area contributed by atoms with Crippen LogP contribution in [0.4, 0.5) is 22.7 Å². The van der Waals surface area contributed by atoms with Gasteiger partial charge in [-0.3, -0.25) is 10.1 Å². The average Bonchev–Trinajstić information content (AvgIpc) is 2.53. The SMILES string of the molecule is COc1cc(/N=N/c2ccc([N+](=O)[O-])cc2)c(C)cc1[N+]#N. The Morgan fingerprint density at radius 3 is 2.45 bits per heavy atom. The normalized spacial score (nSPS) is 10.4. The van der Waals surface area contributed by atoms with E-state index >= 15 is 0 Å². The Balaban J connectivity index is 2.30. The minimum Gasteiger partial charge on any atom is -0.489 e. The Hall–Kier alpha value is -3.34. The van der Waals surface area contributed by atoms with Gasteiger partial charge in [0.05, 0.1) is 23.4 Å². The van der Waals surface area contributed by atoms with Crippen molar-refractivity contribution in [2.24, 2.45) is 10.2 Å². The number of methoxy groups -OCH3 is 1. The lowest BCUT2D eigenvalue weighted by Crippen LogP contribution is -1.85. The number of hydrogen-bond donors (Lipinski definition) is 0. The summed E-state index contributed by atoms with van der Waals surface area (Å²) in [6.45, 7) is 1.79. The molecule has 8 nitrogen and oxygen atoms in total. The maximum atomic E-state index is 10.6. The Bertz CT molecular complexity index is 778. The highest BCUT2D eigenvalue weighted by Gasteiger charge is 2.17. The first-order chi connectivity index (χ1) is 10.5. The van der Waals surface area contributed by atoms with Gasteiger partial charge in [0.25, 0.3) is 5.69 Å². The first-order valence-corrected chi connectivity index (χ1v) is 6.25. The highest BCUT2D eigenvalue weighted by atomic mass is 16.6. The summed E-state index contributed by atoms with van der Waals surface area (Å²) >= 11 is 0. The number of benzene rings is 2. The van der Waals surface area contributed by atoms with Gasteiger partial charge in [0.15, 0.2) is 4.98 Å². The highest BCUT2D eigenvalue weighted by Crippen LogP contribution is 2.35. The zero-order valence-electron chi connectivity index (χ0n) is 11.9. The fourth-order valence-electron chi connectivity index (χ4n) is 1.76. The molecular weight excluding hydrogens is 286 g/mol. The third-order valence-corrected chi connectivity index (χ3v) is 2.94. The summed E-state index contributed by atoms with van der Waals surface area (Å²) in [7, 11) is 1.45. The summed E-state index contributed by atoms with van der Waals surface area (Å²) in [6.07, 6.45) is 0. The van der Waals surface area contributed by atoms with E-state index in [1.54, 1.807) is 19.1 Å². The van der Waals surface area contributed by atoms with Gasteiger partial charge in [0.2, 0.25) is 11.1 Å². The molecule has 0 aliphatic carbocycles. The zero-order chi connectivity index (χ0) is 16.1. The summed E-state index contributed by atoms with van der Waals surface area (Å²) in [5.74, 6) is 0.366. The molecule has 0 spiro atoms. The topological polar surface area (TPSA) is 105 Å². The fraction of sp³-hybridized carbons (Fsp3) is 0.143. The Kier molecular flexibility index (Phi) is 4.38. The van der Waals surface area contributed by atoms with Crippen molar-refractivity contribution < 1.29 is 9.66 Å². The van der Waals surface area contributed by atoms with Crippen LogP contribution < -0.4 is 4.74 Å². The number of ether oxygens (including phenoxy) is 1. The molecule has 2 aromatic rings. The van der Waals surface area contributed by atoms with Crippen LogP contribution in [-0.4, -0.2) is 12.0 Å². The van der Waals surface area contributed by atoms with Crippen molar-refractivity contribution in [1.29, 1.82) is 5.39 Å². The van der Waals surface area contributed by atoms with Crippen LogP contribution in [0.25, 0.3) is 4.98 Å². The van der Waals surface area contributed by atoms with Crippen LogP contribution >= 0.6 is 0 Å². The molecule has 0 bridgehead atoms. The van der Waals surface area contributed by atoms with E-state index in [1.807, 2.05) is 0 Å². The summed E-state index contributed by atoms with van der Waals surface area (Å²) in [6, 6.07) is 8.94. The predicted octanol–water partition coefficient (Wildman–Crippen LogP) is 4.81. The van der Waals surface area contributed by atoms with E-state index in [0.717, 1.165) is 5.56 Å². The van der Waals surface area contributed by atoms with E-state index in [9.17, 15) is 10.1 Å². The number of aryl methyl sites for hydroxylation is 1. The number of nitrogens with zero attached hydrogens (tertiary/aromatic N) is 5. The second kappa shape index (κ2) is 6.41. The molecule has 0 unspecified atom stereocenters. The number of rotatable bonds is 4. The van der Waals surface area contributed by atoms with Crippen LogP contribution in [0.2, 0.25) is 0 Å². The van der Waals surface area contributed by atoms with Gasteiger partial charge in [-0.2, -0.15) is 10.2 Å². The van der Waals surface area contributed by atoms with Gasteiger partial charge in [-0.15, -0.1) is 0 Å². The second-order valence-electron chi connectivity index (χ2n) is 4.38. The number of diazo groups is 1. The molecule has 0 saturated carbocycles. The standard InChI is InChI=1S/C14H12N5O3/c1-9-7-13(16-15)14(22-2)8-12(9)18-17-10-3-5-11(6-4-10)19(20)21/h3-8H,1-2H3/q+1/b18-17+. The molecule has 0 heterocycles. The first-order valence-electron chi connectivity index (χ1n) is 6.25. The molecule has 2 aromatic carbocycles. The number of nitro benzene ring substituents is 1. The van der Waals surface area contributed by atoms with E-state index in [0.29, 0.717) is 22.8 Å². The van der Waals surface area contributed by atoms with Crippen molar-refractivity contribution in [2.75, 3.05) is 7.11 Å². The van der Waals surface area contributed by atoms with E-state index in [4.69, 9.17) is 10.1 Å². The lowest BCUT2D eigenvalue weighted by Gasteiger charge is -2.01. The van der Waals surface area contributed by atoms with Crippen LogP contribution in [0, 0.1) is 22.4 Å². The Morgan fingerprint density at radius 1 is 1.23 bits per heavy atom. The largest absolute Gasteiger partial charge is 0.489 e. The van der Waals surface area contributed by atoms with E-state index in [1.165, 1.54) is 31.4 Å². The molecule has 8 heteroatoms. The number of nitro groups is 1. The van der Waals surface area contributed by atoms with Crippen LogP contribution in [0.15, 0.2) is 46.6 Å². The van der Waals surface area contributed by atoms with Gasteiger partial charge in [0.1, 0.15) is 0 Å². The van der Waals surface area contributed by atoms with Gasteiger partial charge < -0.3 is 4.74 Å². The maximum Gasteiger partial charge on any atom is 0.426 e. The quantitative estimate of drug-likeness (QED) is 0.349. The number of hydrogen-bond acceptors (Lipinski definition) is 6. The van der Waals surface area contributed by atoms with Gasteiger partial charge >= 0.3 is 5.69 Å². The molecule has 110 valence electrons. The molecule has 0 aliphatic heterocycles. The molecule has 0 atom stereocenters. The summed E-state index contributed by atoms with van der Waals surface area (Å²) in [5, 5.41) is 27.6. The zero-order valence-corrected chi connectivity index (χ0v) is 11.9. The predicted molar refractivity (Wildman–Crippen MR) is 79.7 cm³/mol. The van der Waals surface area contributed by atoms with Crippen LogP contribution in [0.1, 0.15) is 5.56 Å². The maximum absolute atomic E-state index is 10.6. The van der Waals surface area contributed by atoms with Gasteiger partial charge in [-0.05, 0) is 24.6 Å². The number of azo groups is 1. The summed E-state index contributed by atoms with van der Waals surface area (Å²) < 4.78 is 5.10. The molecule has 0 aliphatic rings. The van der Waals surface area contributed by atoms with Crippen molar-refractivity contribution >= 4 is 22.7 Å². The summed E-state index contributed by atoms with van der Waals surface area (Å²) in [5.41, 5.74) is 2.07. The molecule has 0 amide bonds. The lowest BCUT2D eigenvalue weighted by atomic mass is 10.1. The lowest BCUT2D eigenvalue weighted by molar-refractivity contribution is -0.384. The first kappa shape index (κ1) is 15.1. The van der Waals surface area contributed by atoms with E-state index < -0.39 is 4.92 Å². The third kappa shape index (κ3) is 3.21. The van der Waals surface area contributed by atoms with Crippen molar-refractivity contribution in [3.63, 3.8) is 0 Å². The highest BCUT2D eigenvalue weighted by molar-refractivity contribution is 5.66. The van der Waals surface area contributed by atoms with Gasteiger partial charge in [0, 0.05) is 24.3 Å². The molecule has 0 radical (unpaired) electrons. The van der Waals surface area contributed by atoms with E-state index in [2.05, 4.69) is 15.2 Å².